The molecule has 0 bridgehead atoms. The van der Waals surface area contributed by atoms with Gasteiger partial charge in [0.15, 0.2) is 11.5 Å². The summed E-state index contributed by atoms with van der Waals surface area (Å²) < 4.78 is 17.9. The highest BCUT2D eigenvalue weighted by atomic mass is 16.6. The Hall–Kier alpha value is -3.81. The summed E-state index contributed by atoms with van der Waals surface area (Å²) in [4.78, 5) is 48.0. The van der Waals surface area contributed by atoms with E-state index in [9.17, 15) is 14.4 Å². The van der Waals surface area contributed by atoms with Crippen LogP contribution in [0.3, 0.4) is 0 Å². The van der Waals surface area contributed by atoms with Crippen LogP contribution in [-0.4, -0.2) is 55.0 Å². The molecule has 2 aromatic rings. The first-order valence-electron chi connectivity index (χ1n) is 12.5. The van der Waals surface area contributed by atoms with Crippen molar-refractivity contribution in [3.05, 3.63) is 24.3 Å². The largest absolute Gasteiger partial charge is 0.444 e. The SMILES string of the molecule is CC(C)(C)OC(=O)NC1(CC#Cc2cn3ccnc3c(N(C(=O)OC(C)(C)C)C(=O)OC(C)(C)C)n2)CC1. The number of alkyl carbamates (subject to hydrolysis) is 1. The molecule has 11 heteroatoms. The van der Waals surface area contributed by atoms with Gasteiger partial charge in [-0.25, -0.2) is 24.4 Å². The number of hydrogen-bond acceptors (Lipinski definition) is 8. The third kappa shape index (κ3) is 8.10. The number of nitrogens with one attached hydrogen (secondary N) is 1. The lowest BCUT2D eigenvalue weighted by Gasteiger charge is -2.28. The summed E-state index contributed by atoms with van der Waals surface area (Å²) in [6, 6.07) is 0. The van der Waals surface area contributed by atoms with E-state index < -0.39 is 40.6 Å². The number of nitrogens with zero attached hydrogens (tertiary/aromatic N) is 4. The Bertz CT molecular complexity index is 1250. The lowest BCUT2D eigenvalue weighted by molar-refractivity contribution is 0.0425. The van der Waals surface area contributed by atoms with Crippen LogP contribution in [0.25, 0.3) is 5.65 Å². The molecule has 0 spiro atoms. The van der Waals surface area contributed by atoms with E-state index in [1.54, 1.807) is 79.1 Å². The number of anilines is 1. The number of rotatable bonds is 3. The van der Waals surface area contributed by atoms with Crippen LogP contribution in [0.2, 0.25) is 0 Å². The molecular weight excluding hydrogens is 490 g/mol. The summed E-state index contributed by atoms with van der Waals surface area (Å²) in [5.74, 6) is 5.97. The van der Waals surface area contributed by atoms with Crippen LogP contribution in [0.1, 0.15) is 87.3 Å². The minimum atomic E-state index is -0.951. The van der Waals surface area contributed by atoms with E-state index in [-0.39, 0.29) is 17.2 Å². The van der Waals surface area contributed by atoms with Crippen LogP contribution in [-0.2, 0) is 14.2 Å². The standard InChI is InChI=1S/C27H37N5O6/c1-24(2,3)36-21(33)30-27(13-14-27)12-10-11-18-17-31-16-15-28-19(31)20(29-18)32(22(34)37-25(4,5)6)23(35)38-26(7,8)9/h15-17H,12-14H2,1-9H3,(H,30,33). The molecule has 206 valence electrons. The Labute approximate surface area is 223 Å². The van der Waals surface area contributed by atoms with Crippen molar-refractivity contribution in [1.29, 1.82) is 0 Å². The predicted octanol–water partition coefficient (Wildman–Crippen LogP) is 5.20. The third-order valence-corrected chi connectivity index (χ3v) is 4.98. The zero-order valence-electron chi connectivity index (χ0n) is 23.6. The van der Waals surface area contributed by atoms with Crippen molar-refractivity contribution in [2.24, 2.45) is 0 Å². The molecule has 1 saturated carbocycles. The molecule has 1 aliphatic rings. The van der Waals surface area contributed by atoms with Crippen molar-refractivity contribution in [1.82, 2.24) is 19.7 Å². The van der Waals surface area contributed by atoms with Gasteiger partial charge in [0, 0.05) is 25.0 Å². The molecule has 38 heavy (non-hydrogen) atoms. The molecule has 0 radical (unpaired) electrons. The summed E-state index contributed by atoms with van der Waals surface area (Å²) in [6.07, 6.45) is 4.37. The molecule has 3 amide bonds. The summed E-state index contributed by atoms with van der Waals surface area (Å²) >= 11 is 0. The maximum absolute atomic E-state index is 13.2. The van der Waals surface area contributed by atoms with Crippen LogP contribution < -0.4 is 10.2 Å². The maximum atomic E-state index is 13.2. The van der Waals surface area contributed by atoms with Gasteiger partial charge in [0.05, 0.1) is 5.54 Å². The monoisotopic (exact) mass is 527 g/mol. The van der Waals surface area contributed by atoms with Crippen molar-refractivity contribution in [2.45, 2.75) is 104 Å². The van der Waals surface area contributed by atoms with Crippen molar-refractivity contribution in [3.8, 4) is 11.8 Å². The predicted molar refractivity (Wildman–Crippen MR) is 141 cm³/mol. The number of hydrogen-bond donors (Lipinski definition) is 1. The summed E-state index contributed by atoms with van der Waals surface area (Å²) in [5, 5.41) is 2.91. The zero-order chi connectivity index (χ0) is 28.5. The van der Waals surface area contributed by atoms with Crippen LogP contribution >= 0.6 is 0 Å². The summed E-state index contributed by atoms with van der Waals surface area (Å²) in [5.41, 5.74) is -2.26. The number of amides is 3. The van der Waals surface area contributed by atoms with Crippen LogP contribution in [0.15, 0.2) is 18.6 Å². The molecule has 0 aromatic carbocycles. The molecule has 1 aliphatic carbocycles. The molecule has 0 aliphatic heterocycles. The van der Waals surface area contributed by atoms with Crippen LogP contribution in [0.5, 0.6) is 0 Å². The molecular formula is C27H37N5O6. The highest BCUT2D eigenvalue weighted by molar-refractivity contribution is 6.11. The van der Waals surface area contributed by atoms with Gasteiger partial charge in [0.25, 0.3) is 0 Å². The maximum Gasteiger partial charge on any atom is 0.425 e. The second kappa shape index (κ2) is 10.2. The molecule has 11 nitrogen and oxygen atoms in total. The van der Waals surface area contributed by atoms with Gasteiger partial charge in [0.1, 0.15) is 22.5 Å². The van der Waals surface area contributed by atoms with Gasteiger partial charge >= 0.3 is 18.3 Å². The lowest BCUT2D eigenvalue weighted by Crippen LogP contribution is -2.44. The Morgan fingerprint density at radius 1 is 0.974 bits per heavy atom. The first-order chi connectivity index (χ1) is 17.4. The van der Waals surface area contributed by atoms with E-state index in [2.05, 4.69) is 27.1 Å². The number of ether oxygens (including phenoxy) is 3. The first kappa shape index (κ1) is 28.8. The van der Waals surface area contributed by atoms with Gasteiger partial charge in [-0.05, 0) is 81.1 Å². The van der Waals surface area contributed by atoms with Crippen LogP contribution in [0.4, 0.5) is 20.2 Å². The van der Waals surface area contributed by atoms with Crippen LogP contribution in [0, 0.1) is 11.8 Å². The van der Waals surface area contributed by atoms with E-state index in [1.807, 2.05) is 0 Å². The molecule has 1 fully saturated rings. The second-order valence-electron chi connectivity index (χ2n) is 12.3. The summed E-state index contributed by atoms with van der Waals surface area (Å²) in [7, 11) is 0. The molecule has 0 unspecified atom stereocenters. The van der Waals surface area contributed by atoms with E-state index in [0.29, 0.717) is 6.42 Å². The Balaban J connectivity index is 1.92. The quantitative estimate of drug-likeness (QED) is 0.426. The van der Waals surface area contributed by atoms with E-state index in [0.717, 1.165) is 17.7 Å². The fourth-order valence-electron chi connectivity index (χ4n) is 3.31. The second-order valence-corrected chi connectivity index (χ2v) is 12.3. The van der Waals surface area contributed by atoms with Gasteiger partial charge in [-0.3, -0.25) is 0 Å². The van der Waals surface area contributed by atoms with Gasteiger partial charge in [-0.1, -0.05) is 5.92 Å². The minimum Gasteiger partial charge on any atom is -0.444 e. The van der Waals surface area contributed by atoms with Crippen molar-refractivity contribution in [2.75, 3.05) is 4.90 Å². The Morgan fingerprint density at radius 3 is 2.03 bits per heavy atom. The van der Waals surface area contributed by atoms with E-state index >= 15 is 0 Å². The van der Waals surface area contributed by atoms with E-state index in [4.69, 9.17) is 14.2 Å². The highest BCUT2D eigenvalue weighted by Gasteiger charge is 2.44. The normalized spacial score (nSPS) is 14.7. The molecule has 0 atom stereocenters. The fourth-order valence-corrected chi connectivity index (χ4v) is 3.31. The first-order valence-corrected chi connectivity index (χ1v) is 12.5. The van der Waals surface area contributed by atoms with Crippen molar-refractivity contribution < 1.29 is 28.6 Å². The number of imidazole rings is 1. The van der Waals surface area contributed by atoms with Gasteiger partial charge in [-0.2, -0.15) is 4.90 Å². The molecule has 0 saturated heterocycles. The third-order valence-electron chi connectivity index (χ3n) is 4.98. The van der Waals surface area contributed by atoms with Gasteiger partial charge in [0.2, 0.25) is 0 Å². The fraction of sp³-hybridized carbons (Fsp3) is 0.593. The Morgan fingerprint density at radius 2 is 1.53 bits per heavy atom. The average Bonchev–Trinajstić information content (AvgIpc) is 3.26. The zero-order valence-corrected chi connectivity index (χ0v) is 23.6. The van der Waals surface area contributed by atoms with Crippen molar-refractivity contribution in [3.63, 3.8) is 0 Å². The lowest BCUT2D eigenvalue weighted by atomic mass is 10.2. The number of imide groups is 1. The molecule has 2 heterocycles. The Kier molecular flexibility index (Phi) is 7.69. The number of carbonyl (C=O) groups excluding carboxylic acids is 3. The number of fused-ring (bicyclic) bond motifs is 1. The van der Waals surface area contributed by atoms with Crippen molar-refractivity contribution >= 4 is 29.7 Å². The smallest absolute Gasteiger partial charge is 0.425 e. The molecule has 2 aromatic heterocycles. The average molecular weight is 528 g/mol. The molecule has 3 rings (SSSR count). The molecule has 1 N–H and O–H groups in total. The number of carbonyl (C=O) groups is 3. The summed E-state index contributed by atoms with van der Waals surface area (Å²) in [6.45, 7) is 15.6. The van der Waals surface area contributed by atoms with Gasteiger partial charge < -0.3 is 23.9 Å². The highest BCUT2D eigenvalue weighted by Crippen LogP contribution is 2.38. The topological polar surface area (TPSA) is 124 Å². The van der Waals surface area contributed by atoms with E-state index in [1.165, 1.54) is 6.20 Å². The number of aromatic nitrogens is 3. The minimum absolute atomic E-state index is 0.0710. The van der Waals surface area contributed by atoms with Gasteiger partial charge in [-0.15, -0.1) is 0 Å².